The van der Waals surface area contributed by atoms with E-state index in [-0.39, 0.29) is 11.8 Å². The molecule has 3 nitrogen and oxygen atoms in total. The molecule has 88 valence electrons. The summed E-state index contributed by atoms with van der Waals surface area (Å²) >= 11 is 0. The Kier molecular flexibility index (Phi) is 2.21. The molecule has 0 amide bonds. The Hall–Kier alpha value is -1.45. The first-order chi connectivity index (χ1) is 8.05. The van der Waals surface area contributed by atoms with Gasteiger partial charge in [-0.1, -0.05) is 12.1 Å². The Bertz CT molecular complexity index is 559. The highest BCUT2D eigenvalue weighted by atomic mass is 16.8. The molecule has 1 aliphatic heterocycles. The molecule has 0 saturated carbocycles. The molecular formula is C14H16N2O. The average molecular weight is 228 g/mol. The van der Waals surface area contributed by atoms with E-state index in [0.717, 1.165) is 10.9 Å². The zero-order chi connectivity index (χ0) is 12.0. The molecule has 2 aromatic rings. The fraction of sp³-hybridized carbons (Fsp3) is 0.357. The number of aromatic nitrogens is 1. The molecule has 1 unspecified atom stereocenters. The van der Waals surface area contributed by atoms with Gasteiger partial charge in [-0.2, -0.15) is 0 Å². The molecular weight excluding hydrogens is 212 g/mol. The predicted octanol–water partition coefficient (Wildman–Crippen LogP) is 3.28. The molecule has 0 aliphatic carbocycles. The van der Waals surface area contributed by atoms with Gasteiger partial charge in [-0.15, -0.1) is 5.06 Å². The summed E-state index contributed by atoms with van der Waals surface area (Å²) in [6, 6.07) is 10.3. The molecule has 0 N–H and O–H groups in total. The molecule has 1 saturated heterocycles. The second-order valence-corrected chi connectivity index (χ2v) is 5.41. The fourth-order valence-corrected chi connectivity index (χ4v) is 2.03. The van der Waals surface area contributed by atoms with Crippen molar-refractivity contribution in [3.8, 4) is 0 Å². The fourth-order valence-electron chi connectivity index (χ4n) is 2.03. The van der Waals surface area contributed by atoms with E-state index in [1.807, 2.05) is 23.4 Å². The zero-order valence-corrected chi connectivity index (χ0v) is 10.3. The van der Waals surface area contributed by atoms with Crippen LogP contribution in [0.2, 0.25) is 0 Å². The number of benzene rings is 1. The standard InChI is InChI=1S/C14H16N2O/c1-14(2,3)16-13(17-16)11-6-7-12-10(9-11)5-4-8-15-12/h4-9,13H,1-3H3/t13-,16?/m1/s1. The summed E-state index contributed by atoms with van der Waals surface area (Å²) in [7, 11) is 0. The van der Waals surface area contributed by atoms with Gasteiger partial charge in [0, 0.05) is 22.7 Å². The van der Waals surface area contributed by atoms with Gasteiger partial charge < -0.3 is 0 Å². The first kappa shape index (κ1) is 10.7. The van der Waals surface area contributed by atoms with Gasteiger partial charge >= 0.3 is 0 Å². The summed E-state index contributed by atoms with van der Waals surface area (Å²) in [6.07, 6.45) is 1.91. The maximum Gasteiger partial charge on any atom is 0.180 e. The van der Waals surface area contributed by atoms with Crippen molar-refractivity contribution in [2.24, 2.45) is 0 Å². The van der Waals surface area contributed by atoms with E-state index in [1.54, 1.807) is 0 Å². The van der Waals surface area contributed by atoms with Gasteiger partial charge in [-0.3, -0.25) is 9.82 Å². The topological polar surface area (TPSA) is 28.4 Å². The van der Waals surface area contributed by atoms with Crippen LogP contribution in [-0.4, -0.2) is 15.6 Å². The number of rotatable bonds is 1. The number of pyridine rings is 1. The highest BCUT2D eigenvalue weighted by Gasteiger charge is 2.45. The largest absolute Gasteiger partial charge is 0.269 e. The molecule has 1 aromatic carbocycles. The van der Waals surface area contributed by atoms with Crippen LogP contribution in [0.5, 0.6) is 0 Å². The zero-order valence-electron chi connectivity index (χ0n) is 10.3. The van der Waals surface area contributed by atoms with Gasteiger partial charge in [-0.05, 0) is 39.0 Å². The maximum atomic E-state index is 5.63. The maximum absolute atomic E-state index is 5.63. The smallest absolute Gasteiger partial charge is 0.180 e. The van der Waals surface area contributed by atoms with Crippen molar-refractivity contribution in [3.05, 3.63) is 42.1 Å². The summed E-state index contributed by atoms with van der Waals surface area (Å²) in [5, 5.41) is 3.18. The summed E-state index contributed by atoms with van der Waals surface area (Å²) in [4.78, 5) is 9.94. The van der Waals surface area contributed by atoms with Crippen LogP contribution < -0.4 is 0 Å². The quantitative estimate of drug-likeness (QED) is 0.701. The van der Waals surface area contributed by atoms with Gasteiger partial charge in [0.15, 0.2) is 6.23 Å². The minimum absolute atomic E-state index is 0.0502. The van der Waals surface area contributed by atoms with Crippen molar-refractivity contribution in [3.63, 3.8) is 0 Å². The molecule has 3 rings (SSSR count). The van der Waals surface area contributed by atoms with E-state index in [2.05, 4.69) is 44.0 Å². The number of fused-ring (bicyclic) bond motifs is 1. The lowest BCUT2D eigenvalue weighted by atomic mass is 10.1. The minimum atomic E-state index is 0.0502. The highest BCUT2D eigenvalue weighted by Crippen LogP contribution is 2.43. The van der Waals surface area contributed by atoms with Crippen molar-refractivity contribution >= 4 is 10.9 Å². The van der Waals surface area contributed by atoms with Crippen LogP contribution in [0.3, 0.4) is 0 Å². The van der Waals surface area contributed by atoms with E-state index in [4.69, 9.17) is 4.84 Å². The van der Waals surface area contributed by atoms with Gasteiger partial charge in [0.25, 0.3) is 0 Å². The average Bonchev–Trinajstić information content (AvgIpc) is 3.08. The summed E-state index contributed by atoms with van der Waals surface area (Å²) in [5.41, 5.74) is 2.27. The first-order valence-electron chi connectivity index (χ1n) is 5.86. The first-order valence-corrected chi connectivity index (χ1v) is 5.86. The lowest BCUT2D eigenvalue weighted by molar-refractivity contribution is 0.101. The third-order valence-corrected chi connectivity index (χ3v) is 2.95. The Balaban J connectivity index is 1.93. The van der Waals surface area contributed by atoms with Gasteiger partial charge in [-0.25, -0.2) is 0 Å². The molecule has 1 fully saturated rings. The third-order valence-electron chi connectivity index (χ3n) is 2.95. The third kappa shape index (κ3) is 1.92. The van der Waals surface area contributed by atoms with Crippen molar-refractivity contribution in [2.75, 3.05) is 0 Å². The molecule has 0 bridgehead atoms. The second kappa shape index (κ2) is 3.52. The number of hydroxylamine groups is 2. The molecule has 3 heteroatoms. The number of nitrogens with zero attached hydrogens (tertiary/aromatic N) is 2. The van der Waals surface area contributed by atoms with E-state index < -0.39 is 0 Å². The van der Waals surface area contributed by atoms with Crippen LogP contribution in [0.15, 0.2) is 36.5 Å². The Morgan fingerprint density at radius 1 is 1.24 bits per heavy atom. The minimum Gasteiger partial charge on any atom is -0.269 e. The molecule has 1 aromatic heterocycles. The van der Waals surface area contributed by atoms with Gasteiger partial charge in [0.05, 0.1) is 5.52 Å². The van der Waals surface area contributed by atoms with Crippen LogP contribution >= 0.6 is 0 Å². The normalized spacial score (nSPS) is 23.9. The SMILES string of the molecule is CC(C)(C)N1O[C@@H]1c1ccc2ncccc2c1. The van der Waals surface area contributed by atoms with E-state index in [9.17, 15) is 0 Å². The van der Waals surface area contributed by atoms with Crippen LogP contribution in [0, 0.1) is 0 Å². The summed E-state index contributed by atoms with van der Waals surface area (Å²) in [5.74, 6) is 0. The van der Waals surface area contributed by atoms with E-state index >= 15 is 0 Å². The second-order valence-electron chi connectivity index (χ2n) is 5.41. The Morgan fingerprint density at radius 3 is 2.76 bits per heavy atom. The van der Waals surface area contributed by atoms with Crippen LogP contribution in [0.4, 0.5) is 0 Å². The molecule has 0 spiro atoms. The molecule has 2 heterocycles. The van der Waals surface area contributed by atoms with Gasteiger partial charge in [0.2, 0.25) is 0 Å². The number of hydrogen-bond acceptors (Lipinski definition) is 3. The Labute approximate surface area is 101 Å². The lowest BCUT2D eigenvalue weighted by Crippen LogP contribution is -2.25. The monoisotopic (exact) mass is 228 g/mol. The summed E-state index contributed by atoms with van der Waals surface area (Å²) in [6.45, 7) is 6.45. The van der Waals surface area contributed by atoms with Crippen LogP contribution in [0.1, 0.15) is 32.6 Å². The van der Waals surface area contributed by atoms with Crippen molar-refractivity contribution in [2.45, 2.75) is 32.5 Å². The van der Waals surface area contributed by atoms with Crippen LogP contribution in [0.25, 0.3) is 10.9 Å². The van der Waals surface area contributed by atoms with E-state index in [0.29, 0.717) is 0 Å². The van der Waals surface area contributed by atoms with Gasteiger partial charge in [0.1, 0.15) is 0 Å². The molecule has 17 heavy (non-hydrogen) atoms. The van der Waals surface area contributed by atoms with Crippen molar-refractivity contribution in [1.29, 1.82) is 0 Å². The predicted molar refractivity (Wildman–Crippen MR) is 67.2 cm³/mol. The van der Waals surface area contributed by atoms with Crippen molar-refractivity contribution in [1.82, 2.24) is 10.0 Å². The number of hydrogen-bond donors (Lipinski definition) is 0. The van der Waals surface area contributed by atoms with Crippen LogP contribution in [-0.2, 0) is 4.84 Å². The lowest BCUT2D eigenvalue weighted by Gasteiger charge is -2.16. The Morgan fingerprint density at radius 2 is 2.06 bits per heavy atom. The van der Waals surface area contributed by atoms with Crippen molar-refractivity contribution < 1.29 is 4.84 Å². The molecule has 1 aliphatic rings. The van der Waals surface area contributed by atoms with E-state index in [1.165, 1.54) is 5.56 Å². The summed E-state index contributed by atoms with van der Waals surface area (Å²) < 4.78 is 0. The molecule has 0 radical (unpaired) electrons. The highest BCUT2D eigenvalue weighted by molar-refractivity contribution is 5.79. The molecule has 2 atom stereocenters.